The van der Waals surface area contributed by atoms with Crippen molar-refractivity contribution in [3.05, 3.63) is 155 Å². The quantitative estimate of drug-likeness (QED) is 0.182. The minimum absolute atomic E-state index is 0.0469. The Hall–Kier alpha value is -5.02. The standard InChI is InChI=1S/C41H34N2O/c1-41(2)39-31-7-3-9-33(39)34-10-4-8-32(40(34)41)26-20-28-17-23-30(24-18-28)36-12-6-14-38(43-36)44-37-13-5-11-35(42-37)29-21-15-27(16-22-29)19-25-31/h3-18,21-24H,19-20,25-26H2,1-2H3. The summed E-state index contributed by atoms with van der Waals surface area (Å²) in [5.74, 6) is 1.06. The summed E-state index contributed by atoms with van der Waals surface area (Å²) in [6.07, 6.45) is 4.00. The summed E-state index contributed by atoms with van der Waals surface area (Å²) in [4.78, 5) is 9.61. The highest BCUT2D eigenvalue weighted by atomic mass is 16.5. The summed E-state index contributed by atoms with van der Waals surface area (Å²) in [7, 11) is 0. The van der Waals surface area contributed by atoms with E-state index in [9.17, 15) is 0 Å². The zero-order valence-electron chi connectivity index (χ0n) is 25.2. The van der Waals surface area contributed by atoms with E-state index in [-0.39, 0.29) is 5.41 Å². The molecule has 0 unspecified atom stereocenters. The van der Waals surface area contributed by atoms with Gasteiger partial charge >= 0.3 is 0 Å². The zero-order valence-corrected chi connectivity index (χ0v) is 25.2. The number of pyridine rings is 2. The van der Waals surface area contributed by atoms with Crippen LogP contribution in [0.15, 0.2) is 121 Å². The van der Waals surface area contributed by atoms with Gasteiger partial charge in [-0.1, -0.05) is 111 Å². The molecule has 6 aromatic rings. The van der Waals surface area contributed by atoms with Gasteiger partial charge in [0, 0.05) is 28.7 Å². The molecule has 0 saturated carbocycles. The maximum absolute atomic E-state index is 6.14. The van der Waals surface area contributed by atoms with Crippen molar-refractivity contribution in [3.63, 3.8) is 0 Å². The van der Waals surface area contributed by atoms with Gasteiger partial charge in [-0.3, -0.25) is 0 Å². The van der Waals surface area contributed by atoms with Crippen LogP contribution in [0.3, 0.4) is 0 Å². The second kappa shape index (κ2) is 10.6. The molecule has 0 saturated heterocycles. The van der Waals surface area contributed by atoms with Gasteiger partial charge in [-0.25, -0.2) is 9.97 Å². The molecule has 0 radical (unpaired) electrons. The molecule has 0 fully saturated rings. The fourth-order valence-corrected chi connectivity index (χ4v) is 7.28. The highest BCUT2D eigenvalue weighted by molar-refractivity contribution is 5.83. The third-order valence-electron chi connectivity index (χ3n) is 9.36. The van der Waals surface area contributed by atoms with E-state index in [2.05, 4.69) is 98.8 Å². The van der Waals surface area contributed by atoms with Crippen molar-refractivity contribution in [3.8, 4) is 45.4 Å². The van der Waals surface area contributed by atoms with E-state index in [1.165, 1.54) is 44.5 Å². The average molecular weight is 571 g/mol. The van der Waals surface area contributed by atoms with Crippen LogP contribution in [0.2, 0.25) is 0 Å². The van der Waals surface area contributed by atoms with E-state index in [1.807, 2.05) is 36.4 Å². The first-order valence-corrected chi connectivity index (χ1v) is 15.6. The predicted molar refractivity (Wildman–Crippen MR) is 178 cm³/mol. The summed E-state index contributed by atoms with van der Waals surface area (Å²) < 4.78 is 6.14. The number of fused-ring (bicyclic) bond motifs is 1. The Labute approximate surface area is 259 Å². The van der Waals surface area contributed by atoms with Gasteiger partial charge in [0.1, 0.15) is 0 Å². The van der Waals surface area contributed by atoms with Gasteiger partial charge in [-0.05, 0) is 82.3 Å². The van der Waals surface area contributed by atoms with Crippen LogP contribution in [0.4, 0.5) is 0 Å². The van der Waals surface area contributed by atoms with Crippen molar-refractivity contribution in [2.75, 3.05) is 0 Å². The molecule has 2 aromatic heterocycles. The Morgan fingerprint density at radius 3 is 1.36 bits per heavy atom. The van der Waals surface area contributed by atoms with Crippen LogP contribution in [-0.4, -0.2) is 9.97 Å². The molecular formula is C41H34N2O. The predicted octanol–water partition coefficient (Wildman–Crippen LogP) is 9.79. The summed E-state index contributed by atoms with van der Waals surface area (Å²) >= 11 is 0. The molecular weight excluding hydrogens is 536 g/mol. The summed E-state index contributed by atoms with van der Waals surface area (Å²) in [6, 6.07) is 43.2. The lowest BCUT2D eigenvalue weighted by Gasteiger charge is -2.26. The van der Waals surface area contributed by atoms with Crippen molar-refractivity contribution < 1.29 is 4.74 Å². The molecule has 44 heavy (non-hydrogen) atoms. The van der Waals surface area contributed by atoms with E-state index < -0.39 is 0 Å². The Morgan fingerprint density at radius 2 is 0.909 bits per heavy atom. The topological polar surface area (TPSA) is 35.0 Å². The summed E-state index contributed by atoms with van der Waals surface area (Å²) in [5, 5.41) is 0. The molecule has 3 nitrogen and oxygen atoms in total. The first-order valence-electron chi connectivity index (χ1n) is 15.6. The number of ether oxygens (including phenoxy) is 1. The lowest BCUT2D eigenvalue weighted by Crippen LogP contribution is -2.19. The maximum Gasteiger partial charge on any atom is 0.221 e. The Morgan fingerprint density at radius 1 is 0.477 bits per heavy atom. The normalized spacial score (nSPS) is 14.6. The van der Waals surface area contributed by atoms with Crippen LogP contribution in [-0.2, 0) is 31.1 Å². The molecule has 11 rings (SSSR count). The monoisotopic (exact) mass is 570 g/mol. The van der Waals surface area contributed by atoms with Crippen LogP contribution < -0.4 is 4.74 Å². The smallest absolute Gasteiger partial charge is 0.221 e. The highest BCUT2D eigenvalue weighted by Gasteiger charge is 2.38. The fourth-order valence-electron chi connectivity index (χ4n) is 7.28. The van der Waals surface area contributed by atoms with Crippen molar-refractivity contribution in [2.24, 2.45) is 0 Å². The van der Waals surface area contributed by atoms with Gasteiger partial charge < -0.3 is 4.74 Å². The van der Waals surface area contributed by atoms with Crippen LogP contribution in [0.25, 0.3) is 33.6 Å². The van der Waals surface area contributed by atoms with Gasteiger partial charge in [-0.15, -0.1) is 0 Å². The van der Waals surface area contributed by atoms with Crippen LogP contribution >= 0.6 is 0 Å². The maximum atomic E-state index is 6.14. The molecule has 4 aliphatic heterocycles. The van der Waals surface area contributed by atoms with Crippen molar-refractivity contribution >= 4 is 0 Å². The van der Waals surface area contributed by atoms with Crippen LogP contribution in [0, 0.1) is 0 Å². The third-order valence-corrected chi connectivity index (χ3v) is 9.36. The van der Waals surface area contributed by atoms with E-state index in [4.69, 9.17) is 14.7 Å². The summed E-state index contributed by atoms with van der Waals surface area (Å²) in [5.41, 5.74) is 15.2. The minimum atomic E-state index is -0.0469. The highest BCUT2D eigenvalue weighted by Crippen LogP contribution is 2.51. The molecule has 10 bridgehead atoms. The Kier molecular flexibility index (Phi) is 6.41. The number of hydrogen-bond donors (Lipinski definition) is 0. The largest absolute Gasteiger partial charge is 0.421 e. The first kappa shape index (κ1) is 26.6. The molecule has 3 heteroatoms. The van der Waals surface area contributed by atoms with Gasteiger partial charge in [0.25, 0.3) is 0 Å². The van der Waals surface area contributed by atoms with Gasteiger partial charge in [0.2, 0.25) is 11.8 Å². The Balaban J connectivity index is 1.22. The van der Waals surface area contributed by atoms with Gasteiger partial charge in [-0.2, -0.15) is 0 Å². The second-order valence-electron chi connectivity index (χ2n) is 12.5. The molecule has 0 spiro atoms. The van der Waals surface area contributed by atoms with E-state index in [0.29, 0.717) is 11.8 Å². The molecule has 0 amide bonds. The molecule has 214 valence electrons. The minimum Gasteiger partial charge on any atom is -0.421 e. The lowest BCUT2D eigenvalue weighted by molar-refractivity contribution is 0.446. The van der Waals surface area contributed by atoms with Crippen molar-refractivity contribution in [1.29, 1.82) is 0 Å². The number of rotatable bonds is 0. The van der Waals surface area contributed by atoms with Crippen molar-refractivity contribution in [2.45, 2.75) is 44.9 Å². The molecule has 1 aliphatic carbocycles. The number of hydrogen-bond acceptors (Lipinski definition) is 3. The second-order valence-corrected chi connectivity index (χ2v) is 12.5. The van der Waals surface area contributed by atoms with Crippen molar-refractivity contribution in [1.82, 2.24) is 9.97 Å². The first-order chi connectivity index (χ1) is 21.5. The molecule has 6 heterocycles. The van der Waals surface area contributed by atoms with E-state index in [1.54, 1.807) is 0 Å². The molecule has 5 aliphatic rings. The number of aryl methyl sites for hydroxylation is 4. The summed E-state index contributed by atoms with van der Waals surface area (Å²) in [6.45, 7) is 4.84. The number of benzene rings is 4. The fraction of sp³-hybridized carbons (Fsp3) is 0.171. The van der Waals surface area contributed by atoms with Gasteiger partial charge in [0.15, 0.2) is 0 Å². The molecule has 0 N–H and O–H groups in total. The number of nitrogens with zero attached hydrogens (tertiary/aromatic N) is 2. The van der Waals surface area contributed by atoms with Gasteiger partial charge in [0.05, 0.1) is 11.4 Å². The van der Waals surface area contributed by atoms with E-state index in [0.717, 1.165) is 48.2 Å². The molecule has 0 atom stereocenters. The van der Waals surface area contributed by atoms with Crippen LogP contribution in [0.1, 0.15) is 47.2 Å². The number of aromatic nitrogens is 2. The third kappa shape index (κ3) is 4.69. The average Bonchev–Trinajstić information content (AvgIpc) is 3.30. The zero-order chi connectivity index (χ0) is 29.7. The molecule has 4 aromatic carbocycles. The van der Waals surface area contributed by atoms with E-state index >= 15 is 0 Å². The lowest BCUT2D eigenvalue weighted by atomic mass is 9.77. The SMILES string of the molecule is CC1(C)c2c3cccc2-c2cccc(c21)CCc1ccc(cc1)-c1cccc(n1)Oc1cccc(n1)-c1ccc(cc1)CC3. The Bertz CT molecular complexity index is 1860. The van der Waals surface area contributed by atoms with Crippen LogP contribution in [0.5, 0.6) is 11.8 Å².